The second kappa shape index (κ2) is 8.99. The van der Waals surface area contributed by atoms with Gasteiger partial charge in [0, 0.05) is 18.9 Å². The molecule has 6 nitrogen and oxygen atoms in total. The van der Waals surface area contributed by atoms with Crippen LogP contribution in [0.2, 0.25) is 0 Å². The Morgan fingerprint density at radius 1 is 1.30 bits per heavy atom. The monoisotopic (exact) mass is 333 g/mol. The summed E-state index contributed by atoms with van der Waals surface area (Å²) in [5, 5.41) is 3.29. The maximum atomic E-state index is 11.7. The van der Waals surface area contributed by atoms with E-state index in [-0.39, 0.29) is 18.2 Å². The summed E-state index contributed by atoms with van der Waals surface area (Å²) in [6.45, 7) is 2.63. The molecule has 1 aromatic carbocycles. The number of nitrogens with one attached hydrogen (secondary N) is 1. The largest absolute Gasteiger partial charge is 0.465 e. The van der Waals surface area contributed by atoms with Crippen molar-refractivity contribution >= 4 is 23.6 Å². The molecule has 122 valence electrons. The molecule has 0 spiro atoms. The van der Waals surface area contributed by atoms with E-state index in [2.05, 4.69) is 10.3 Å². The Hall–Kier alpha value is -2.28. The first-order chi connectivity index (χ1) is 11.2. The Bertz CT molecular complexity index is 643. The van der Waals surface area contributed by atoms with Gasteiger partial charge in [0.2, 0.25) is 5.91 Å². The van der Waals surface area contributed by atoms with Gasteiger partial charge in [-0.15, -0.1) is 0 Å². The number of hydrogen-bond acceptors (Lipinski definition) is 5. The van der Waals surface area contributed by atoms with Gasteiger partial charge in [-0.25, -0.2) is 4.98 Å². The van der Waals surface area contributed by atoms with E-state index in [1.807, 2.05) is 41.1 Å². The summed E-state index contributed by atoms with van der Waals surface area (Å²) in [7, 11) is 0. The lowest BCUT2D eigenvalue weighted by Crippen LogP contribution is -2.31. The summed E-state index contributed by atoms with van der Waals surface area (Å²) in [4.78, 5) is 27.2. The fourth-order valence-corrected chi connectivity index (χ4v) is 2.69. The number of imidazole rings is 1. The molecular formula is C16H19N3O3S. The molecule has 7 heteroatoms. The Balaban J connectivity index is 1.81. The number of nitrogens with zero attached hydrogens (tertiary/aromatic N) is 2. The third-order valence-electron chi connectivity index (χ3n) is 2.94. The van der Waals surface area contributed by atoms with Crippen LogP contribution in [0, 0.1) is 0 Å². The van der Waals surface area contributed by atoms with Crippen molar-refractivity contribution in [2.24, 2.45) is 0 Å². The smallest absolute Gasteiger partial charge is 0.325 e. The molecule has 1 N–H and O–H groups in total. The van der Waals surface area contributed by atoms with Crippen LogP contribution in [-0.2, 0) is 20.9 Å². The van der Waals surface area contributed by atoms with Gasteiger partial charge in [0.05, 0.1) is 12.4 Å². The lowest BCUT2D eigenvalue weighted by Gasteiger charge is -2.08. The predicted molar refractivity (Wildman–Crippen MR) is 88.1 cm³/mol. The molecule has 0 saturated carbocycles. The van der Waals surface area contributed by atoms with Crippen molar-refractivity contribution in [3.05, 3.63) is 48.3 Å². The quantitative estimate of drug-likeness (QED) is 0.588. The van der Waals surface area contributed by atoms with Crippen molar-refractivity contribution in [2.45, 2.75) is 18.6 Å². The lowest BCUT2D eigenvalue weighted by molar-refractivity contribution is -0.143. The highest BCUT2D eigenvalue weighted by atomic mass is 32.2. The Kier molecular flexibility index (Phi) is 6.68. The molecule has 0 bridgehead atoms. The summed E-state index contributed by atoms with van der Waals surface area (Å²) in [5.74, 6) is -0.459. The van der Waals surface area contributed by atoms with Gasteiger partial charge >= 0.3 is 5.97 Å². The molecule has 1 heterocycles. The van der Waals surface area contributed by atoms with E-state index in [0.717, 1.165) is 5.16 Å². The number of aromatic nitrogens is 2. The molecule has 0 fully saturated rings. The van der Waals surface area contributed by atoms with Crippen LogP contribution in [0.1, 0.15) is 12.5 Å². The van der Waals surface area contributed by atoms with Gasteiger partial charge < -0.3 is 14.6 Å². The molecule has 23 heavy (non-hydrogen) atoms. The van der Waals surface area contributed by atoms with E-state index in [0.29, 0.717) is 13.2 Å². The second-order valence-corrected chi connectivity index (χ2v) is 5.64. The SMILES string of the molecule is CCOC(=O)CNC(=O)CSc1nccn1Cc1ccccc1. The number of hydrogen-bond donors (Lipinski definition) is 1. The molecular weight excluding hydrogens is 314 g/mol. The van der Waals surface area contributed by atoms with E-state index in [1.165, 1.54) is 17.3 Å². The van der Waals surface area contributed by atoms with Crippen molar-refractivity contribution in [3.63, 3.8) is 0 Å². The summed E-state index contributed by atoms with van der Waals surface area (Å²) in [6.07, 6.45) is 3.59. The molecule has 1 aromatic heterocycles. The van der Waals surface area contributed by atoms with Crippen molar-refractivity contribution < 1.29 is 14.3 Å². The molecule has 0 unspecified atom stereocenters. The van der Waals surface area contributed by atoms with E-state index in [4.69, 9.17) is 4.74 Å². The zero-order valence-electron chi connectivity index (χ0n) is 12.9. The third-order valence-corrected chi connectivity index (χ3v) is 3.95. The van der Waals surface area contributed by atoms with E-state index in [1.54, 1.807) is 13.1 Å². The van der Waals surface area contributed by atoms with Crippen molar-refractivity contribution in [1.82, 2.24) is 14.9 Å². The van der Waals surface area contributed by atoms with Gasteiger partial charge in [0.15, 0.2) is 5.16 Å². The lowest BCUT2D eigenvalue weighted by atomic mass is 10.2. The first kappa shape index (κ1) is 17.1. The number of amides is 1. The number of esters is 1. The summed E-state index contributed by atoms with van der Waals surface area (Å²) >= 11 is 1.33. The van der Waals surface area contributed by atoms with E-state index in [9.17, 15) is 9.59 Å². The number of carbonyl (C=O) groups is 2. The predicted octanol–water partition coefficient (Wildman–Crippen LogP) is 1.70. The number of carbonyl (C=O) groups excluding carboxylic acids is 2. The van der Waals surface area contributed by atoms with Crippen molar-refractivity contribution in [3.8, 4) is 0 Å². The Morgan fingerprint density at radius 2 is 2.09 bits per heavy atom. The first-order valence-electron chi connectivity index (χ1n) is 7.29. The van der Waals surface area contributed by atoms with Crippen LogP contribution in [-0.4, -0.2) is 40.3 Å². The third kappa shape index (κ3) is 5.78. The molecule has 0 radical (unpaired) electrons. The van der Waals surface area contributed by atoms with Gasteiger partial charge in [0.25, 0.3) is 0 Å². The maximum absolute atomic E-state index is 11.7. The Morgan fingerprint density at radius 3 is 2.83 bits per heavy atom. The molecule has 2 aromatic rings. The van der Waals surface area contributed by atoms with Gasteiger partial charge in [-0.05, 0) is 12.5 Å². The zero-order valence-corrected chi connectivity index (χ0v) is 13.7. The summed E-state index contributed by atoms with van der Waals surface area (Å²) in [6, 6.07) is 10.0. The highest BCUT2D eigenvalue weighted by Gasteiger charge is 2.09. The van der Waals surface area contributed by atoms with E-state index >= 15 is 0 Å². The van der Waals surface area contributed by atoms with Crippen LogP contribution in [0.3, 0.4) is 0 Å². The van der Waals surface area contributed by atoms with Crippen LogP contribution in [0.5, 0.6) is 0 Å². The molecule has 0 aliphatic rings. The highest BCUT2D eigenvalue weighted by Crippen LogP contribution is 2.16. The molecule has 0 aliphatic carbocycles. The van der Waals surface area contributed by atoms with Gasteiger partial charge in [-0.1, -0.05) is 42.1 Å². The van der Waals surface area contributed by atoms with Crippen LogP contribution in [0.25, 0.3) is 0 Å². The minimum atomic E-state index is -0.434. The van der Waals surface area contributed by atoms with Gasteiger partial charge in [-0.3, -0.25) is 9.59 Å². The molecule has 0 atom stereocenters. The zero-order chi connectivity index (χ0) is 16.5. The fraction of sp³-hybridized carbons (Fsp3) is 0.312. The average Bonchev–Trinajstić information content (AvgIpc) is 2.99. The maximum Gasteiger partial charge on any atom is 0.325 e. The second-order valence-electron chi connectivity index (χ2n) is 4.69. The van der Waals surface area contributed by atoms with Crippen LogP contribution in [0.4, 0.5) is 0 Å². The van der Waals surface area contributed by atoms with Crippen LogP contribution >= 0.6 is 11.8 Å². The number of thioether (sulfide) groups is 1. The minimum Gasteiger partial charge on any atom is -0.465 e. The standard InChI is InChI=1S/C16H19N3O3S/c1-2-22-15(21)10-18-14(20)12-23-16-17-8-9-19(16)11-13-6-4-3-5-7-13/h3-9H,2,10-12H2,1H3,(H,18,20). The molecule has 0 aliphatic heterocycles. The van der Waals surface area contributed by atoms with Crippen molar-refractivity contribution in [1.29, 1.82) is 0 Å². The highest BCUT2D eigenvalue weighted by molar-refractivity contribution is 7.99. The number of rotatable bonds is 8. The van der Waals surface area contributed by atoms with E-state index < -0.39 is 5.97 Å². The topological polar surface area (TPSA) is 73.2 Å². The Labute approximate surface area is 139 Å². The normalized spacial score (nSPS) is 10.3. The first-order valence-corrected chi connectivity index (χ1v) is 8.27. The van der Waals surface area contributed by atoms with Crippen LogP contribution < -0.4 is 5.32 Å². The summed E-state index contributed by atoms with van der Waals surface area (Å²) in [5.41, 5.74) is 1.17. The number of ether oxygens (including phenoxy) is 1. The molecule has 1 amide bonds. The fourth-order valence-electron chi connectivity index (χ4n) is 1.90. The molecule has 2 rings (SSSR count). The summed E-state index contributed by atoms with van der Waals surface area (Å²) < 4.78 is 6.74. The van der Waals surface area contributed by atoms with Crippen molar-refractivity contribution in [2.75, 3.05) is 18.9 Å². The number of benzene rings is 1. The van der Waals surface area contributed by atoms with Gasteiger partial charge in [-0.2, -0.15) is 0 Å². The molecule has 0 saturated heterocycles. The minimum absolute atomic E-state index is 0.105. The average molecular weight is 333 g/mol. The van der Waals surface area contributed by atoms with Crippen LogP contribution in [0.15, 0.2) is 47.9 Å². The van der Waals surface area contributed by atoms with Gasteiger partial charge in [0.1, 0.15) is 6.54 Å².